The molecule has 0 fully saturated rings. The van der Waals surface area contributed by atoms with Gasteiger partial charge in [0.1, 0.15) is 0 Å². The van der Waals surface area contributed by atoms with Gasteiger partial charge in [0, 0.05) is 63.7 Å². The molecule has 338 valence electrons. The Bertz CT molecular complexity index is 3020. The highest BCUT2D eigenvalue weighted by atomic mass is 31.2. The first-order valence-corrected chi connectivity index (χ1v) is 29.6. The van der Waals surface area contributed by atoms with E-state index in [1.165, 1.54) is 0 Å². The Morgan fingerprint density at radius 2 is 0.324 bits per heavy atom. The predicted octanol–water partition coefficient (Wildman–Crippen LogP) is 10.1. The van der Waals surface area contributed by atoms with Crippen LogP contribution in [0.25, 0.3) is 0 Å². The van der Waals surface area contributed by atoms with Gasteiger partial charge in [-0.2, -0.15) is 0 Å². The van der Waals surface area contributed by atoms with Crippen LogP contribution in [0.2, 0.25) is 0 Å². The zero-order chi connectivity index (χ0) is 47.8. The van der Waals surface area contributed by atoms with Crippen LogP contribution >= 0.6 is 28.6 Å². The van der Waals surface area contributed by atoms with E-state index in [2.05, 4.69) is 0 Å². The molecule has 0 saturated carbocycles. The first-order chi connectivity index (χ1) is 32.6. The average Bonchev–Trinajstić information content (AvgIpc) is 3.35. The van der Waals surface area contributed by atoms with E-state index < -0.39 is 28.6 Å². The number of rotatable bonds is 12. The summed E-state index contributed by atoms with van der Waals surface area (Å²) in [6.45, 7) is 12.0. The lowest BCUT2D eigenvalue weighted by Gasteiger charge is -2.25. The third-order valence-electron chi connectivity index (χ3n) is 12.9. The molecule has 0 spiro atoms. The largest absolute Gasteiger partial charge is 0.309 e. The minimum absolute atomic E-state index is 0.544. The van der Waals surface area contributed by atoms with Gasteiger partial charge in [-0.3, -0.25) is 0 Å². The molecule has 4 nitrogen and oxygen atoms in total. The van der Waals surface area contributed by atoms with Gasteiger partial charge in [0.15, 0.2) is 28.6 Å². The highest BCUT2D eigenvalue weighted by Crippen LogP contribution is 2.48. The van der Waals surface area contributed by atoms with E-state index in [-0.39, 0.29) is 0 Å². The number of hydrogen-bond acceptors (Lipinski definition) is 4. The van der Waals surface area contributed by atoms with Crippen LogP contribution in [0, 0.1) is 41.5 Å². The molecule has 0 heterocycles. The summed E-state index contributed by atoms with van der Waals surface area (Å²) in [7, 11) is -13.9. The van der Waals surface area contributed by atoms with E-state index in [9.17, 15) is 0 Å². The van der Waals surface area contributed by atoms with Crippen molar-refractivity contribution in [2.45, 2.75) is 41.5 Å². The van der Waals surface area contributed by atoms with E-state index in [0.29, 0.717) is 31.8 Å². The van der Waals surface area contributed by atoms with Crippen LogP contribution in [0.5, 0.6) is 0 Å². The van der Waals surface area contributed by atoms with Gasteiger partial charge in [0.2, 0.25) is 0 Å². The number of benzene rings is 9. The van der Waals surface area contributed by atoms with Crippen LogP contribution in [0.1, 0.15) is 33.4 Å². The molecule has 9 aromatic carbocycles. The third-order valence-corrected chi connectivity index (χ3v) is 25.1. The van der Waals surface area contributed by atoms with Crippen LogP contribution < -0.4 is 63.7 Å². The lowest BCUT2D eigenvalue weighted by Crippen LogP contribution is -2.31. The second-order valence-electron chi connectivity index (χ2n) is 18.0. The molecule has 0 unspecified atom stereocenters. The molecular formula is C60H54O4P4. The average molecular weight is 963 g/mol. The van der Waals surface area contributed by atoms with Gasteiger partial charge in [-0.15, -0.1) is 0 Å². The Kier molecular flexibility index (Phi) is 13.0. The van der Waals surface area contributed by atoms with E-state index >= 15 is 18.3 Å². The van der Waals surface area contributed by atoms with Gasteiger partial charge in [-0.25, -0.2) is 0 Å². The molecule has 0 aliphatic carbocycles. The molecule has 9 rings (SSSR count). The summed E-state index contributed by atoms with van der Waals surface area (Å²) >= 11 is 0. The van der Waals surface area contributed by atoms with Gasteiger partial charge >= 0.3 is 0 Å². The maximum atomic E-state index is 16.6. The molecule has 0 aliphatic rings. The number of aryl methyl sites for hydroxylation is 6. The van der Waals surface area contributed by atoms with Crippen molar-refractivity contribution in [3.8, 4) is 0 Å². The zero-order valence-corrected chi connectivity index (χ0v) is 42.8. The van der Waals surface area contributed by atoms with Crippen LogP contribution in [-0.2, 0) is 18.3 Å². The van der Waals surface area contributed by atoms with Crippen LogP contribution in [0.15, 0.2) is 218 Å². The minimum atomic E-state index is -3.74. The smallest absolute Gasteiger partial charge is 0.171 e. The first kappa shape index (κ1) is 47.0. The standard InChI is InChI=1S/C60H54O4P4/c1-43-13-7-19-55(37-43)66(62,56-20-8-14-44(2)38-56)52-31-25-49(26-32-52)65(61,50-27-33-53(34-28-50)67(63,57-21-9-15-45(3)39-57)58-22-10-16-46(4)40-58)51-29-35-54(36-30-51)68(64,59-23-11-17-47(5)41-59)60-24-12-18-48(6)42-60/h7-42H,1-6H3. The SMILES string of the molecule is Cc1cccc(P(=O)(c2ccc(P(=O)(c3ccc(P(=O)(c4cccc(C)c4)c4cccc(C)c4)cc3)c3ccc(P(=O)(c4cccc(C)c4)c4cccc(C)c4)cc3)cc2)c2cccc(C)c2)c1. The van der Waals surface area contributed by atoms with Crippen molar-refractivity contribution in [3.05, 3.63) is 252 Å². The van der Waals surface area contributed by atoms with E-state index in [0.717, 1.165) is 65.2 Å². The maximum absolute atomic E-state index is 16.6. The normalized spacial score (nSPS) is 12.2. The monoisotopic (exact) mass is 962 g/mol. The molecule has 9 aromatic rings. The van der Waals surface area contributed by atoms with Gasteiger partial charge in [0.25, 0.3) is 0 Å². The van der Waals surface area contributed by atoms with E-state index in [1.54, 1.807) is 0 Å². The molecule has 0 N–H and O–H groups in total. The van der Waals surface area contributed by atoms with Crippen molar-refractivity contribution < 1.29 is 18.3 Å². The van der Waals surface area contributed by atoms with Crippen LogP contribution in [0.3, 0.4) is 0 Å². The Morgan fingerprint density at radius 3 is 0.456 bits per heavy atom. The summed E-state index contributed by atoms with van der Waals surface area (Å²) in [5.74, 6) is 0. The Balaban J connectivity index is 1.22. The summed E-state index contributed by atoms with van der Waals surface area (Å²) in [5.41, 5.74) is 6.04. The van der Waals surface area contributed by atoms with Crippen molar-refractivity contribution >= 4 is 92.2 Å². The summed E-state index contributed by atoms with van der Waals surface area (Å²) in [6, 6.07) is 69.5. The summed E-state index contributed by atoms with van der Waals surface area (Å²) in [5, 5.41) is 7.87. The first-order valence-electron chi connectivity index (χ1n) is 22.8. The highest BCUT2D eigenvalue weighted by Gasteiger charge is 2.37. The van der Waals surface area contributed by atoms with Crippen LogP contribution in [-0.4, -0.2) is 0 Å². The molecule has 0 bridgehead atoms. The van der Waals surface area contributed by atoms with Crippen molar-refractivity contribution in [3.63, 3.8) is 0 Å². The quantitative estimate of drug-likeness (QED) is 0.114. The van der Waals surface area contributed by atoms with Gasteiger partial charge < -0.3 is 18.3 Å². The topological polar surface area (TPSA) is 68.3 Å². The lowest BCUT2D eigenvalue weighted by atomic mass is 10.2. The van der Waals surface area contributed by atoms with E-state index in [1.807, 2.05) is 260 Å². The van der Waals surface area contributed by atoms with Gasteiger partial charge in [-0.05, 0) is 77.9 Å². The minimum Gasteiger partial charge on any atom is -0.309 e. The molecule has 8 heteroatoms. The van der Waals surface area contributed by atoms with Crippen molar-refractivity contribution in [2.24, 2.45) is 0 Å². The predicted molar refractivity (Wildman–Crippen MR) is 292 cm³/mol. The highest BCUT2D eigenvalue weighted by molar-refractivity contribution is 7.87. The second kappa shape index (κ2) is 18.8. The third kappa shape index (κ3) is 8.55. The fourth-order valence-corrected chi connectivity index (χ4v) is 20.4. The molecular weight excluding hydrogens is 909 g/mol. The van der Waals surface area contributed by atoms with Crippen LogP contribution in [0.4, 0.5) is 0 Å². The maximum Gasteiger partial charge on any atom is 0.171 e. The summed E-state index contributed by atoms with van der Waals surface area (Å²) < 4.78 is 63.7. The molecule has 0 aliphatic heterocycles. The Morgan fingerprint density at radius 1 is 0.191 bits per heavy atom. The fraction of sp³-hybridized carbons (Fsp3) is 0.100. The van der Waals surface area contributed by atoms with Gasteiger partial charge in [0.05, 0.1) is 0 Å². The second-order valence-corrected chi connectivity index (χ2v) is 29.1. The molecule has 0 atom stereocenters. The fourth-order valence-electron chi connectivity index (χ4n) is 9.35. The Labute approximate surface area is 401 Å². The Hall–Kier alpha value is -6.10. The summed E-state index contributed by atoms with van der Waals surface area (Å²) in [4.78, 5) is 0. The summed E-state index contributed by atoms with van der Waals surface area (Å²) in [6.07, 6.45) is 0. The number of hydrogen-bond donors (Lipinski definition) is 0. The van der Waals surface area contributed by atoms with Gasteiger partial charge in [-0.1, -0.05) is 215 Å². The van der Waals surface area contributed by atoms with Crippen molar-refractivity contribution in [2.75, 3.05) is 0 Å². The zero-order valence-electron chi connectivity index (χ0n) is 39.2. The molecule has 0 saturated heterocycles. The van der Waals surface area contributed by atoms with Crippen molar-refractivity contribution in [1.29, 1.82) is 0 Å². The molecule has 0 amide bonds. The molecule has 0 radical (unpaired) electrons. The molecule has 68 heavy (non-hydrogen) atoms. The van der Waals surface area contributed by atoms with Crippen molar-refractivity contribution in [1.82, 2.24) is 0 Å². The van der Waals surface area contributed by atoms with E-state index in [4.69, 9.17) is 0 Å². The lowest BCUT2D eigenvalue weighted by molar-refractivity contribution is 0.591. The molecule has 0 aromatic heterocycles.